The molecule has 0 spiro atoms. The van der Waals surface area contributed by atoms with Gasteiger partial charge in [-0.1, -0.05) is 115 Å². The lowest BCUT2D eigenvalue weighted by atomic mass is 10.0. The Balaban J connectivity index is 1.29. The number of aryl methyl sites for hydroxylation is 1. The maximum absolute atomic E-state index is 10.5. The van der Waals surface area contributed by atoms with Crippen LogP contribution in [0.4, 0.5) is 0 Å². The summed E-state index contributed by atoms with van der Waals surface area (Å²) in [6, 6.07) is 51.7. The molecule has 0 saturated carbocycles. The largest absolute Gasteiger partial charge is 0.309 e. The van der Waals surface area contributed by atoms with Crippen molar-refractivity contribution in [3.63, 3.8) is 0 Å². The van der Waals surface area contributed by atoms with Crippen LogP contribution in [0.2, 0.25) is 0 Å². The lowest BCUT2D eigenvalue weighted by Crippen LogP contribution is -2.02. The van der Waals surface area contributed by atoms with Gasteiger partial charge in [0.1, 0.15) is 0 Å². The second-order valence-corrected chi connectivity index (χ2v) is 11.3. The quantitative estimate of drug-likeness (QED) is 0.200. The van der Waals surface area contributed by atoms with Crippen molar-refractivity contribution < 1.29 is 0 Å². The lowest BCUT2D eigenvalue weighted by Gasteiger charge is -2.12. The van der Waals surface area contributed by atoms with E-state index in [-0.39, 0.29) is 0 Å². The lowest BCUT2D eigenvalue weighted by molar-refractivity contribution is 1.07. The Morgan fingerprint density at radius 2 is 1.11 bits per heavy atom. The molecule has 0 fully saturated rings. The topological polar surface area (TPSA) is 67.4 Å². The number of nitriles is 1. The molecule has 216 valence electrons. The van der Waals surface area contributed by atoms with E-state index < -0.39 is 0 Å². The SMILES string of the molecule is Cc1cccc(-c2ccc3c(c2)c2ccccc2n3-c2ccc(-c3nc(-c4ccccc4)nc(-c4ccccc4)n3)c(C#N)c2)c1. The monoisotopic (exact) mass is 589 g/mol. The molecular weight excluding hydrogens is 562 g/mol. The third-order valence-electron chi connectivity index (χ3n) is 8.35. The zero-order valence-electron chi connectivity index (χ0n) is 25.1. The Hall–Kier alpha value is -6.38. The minimum Gasteiger partial charge on any atom is -0.309 e. The van der Waals surface area contributed by atoms with Crippen molar-refractivity contribution in [2.24, 2.45) is 0 Å². The molecule has 6 aromatic carbocycles. The summed E-state index contributed by atoms with van der Waals surface area (Å²) >= 11 is 0. The summed E-state index contributed by atoms with van der Waals surface area (Å²) in [7, 11) is 0. The van der Waals surface area contributed by atoms with E-state index in [0.29, 0.717) is 28.6 Å². The predicted octanol–water partition coefficient (Wildman–Crippen LogP) is 9.82. The van der Waals surface area contributed by atoms with E-state index in [0.717, 1.165) is 38.6 Å². The number of hydrogen-bond donors (Lipinski definition) is 0. The van der Waals surface area contributed by atoms with E-state index in [4.69, 9.17) is 15.0 Å². The molecule has 0 saturated heterocycles. The second kappa shape index (κ2) is 11.3. The van der Waals surface area contributed by atoms with Crippen LogP contribution >= 0.6 is 0 Å². The number of fused-ring (bicyclic) bond motifs is 3. The van der Waals surface area contributed by atoms with Gasteiger partial charge in [-0.2, -0.15) is 5.26 Å². The standard InChI is InChI=1S/C41H27N5/c1-27-11-10-16-30(23-27)31-19-22-38-36(25-31)35-17-8-9-18-37(35)46(38)33-20-21-34(32(24-33)26-42)41-44-39(28-12-4-2-5-13-28)43-40(45-41)29-14-6-3-7-15-29/h2-25H,1H3. The molecule has 46 heavy (non-hydrogen) atoms. The molecule has 0 atom stereocenters. The molecule has 0 aliphatic heterocycles. The van der Waals surface area contributed by atoms with E-state index in [1.165, 1.54) is 16.7 Å². The number of para-hydroxylation sites is 1. The van der Waals surface area contributed by atoms with Crippen LogP contribution < -0.4 is 0 Å². The van der Waals surface area contributed by atoms with Crippen molar-refractivity contribution in [1.29, 1.82) is 5.26 Å². The van der Waals surface area contributed by atoms with Gasteiger partial charge in [0.25, 0.3) is 0 Å². The average molecular weight is 590 g/mol. The number of aromatic nitrogens is 4. The van der Waals surface area contributed by atoms with Crippen LogP contribution in [0.25, 0.3) is 72.8 Å². The summed E-state index contributed by atoms with van der Waals surface area (Å²) < 4.78 is 2.23. The fourth-order valence-corrected chi connectivity index (χ4v) is 6.14. The van der Waals surface area contributed by atoms with E-state index in [9.17, 15) is 5.26 Å². The van der Waals surface area contributed by atoms with Gasteiger partial charge >= 0.3 is 0 Å². The Morgan fingerprint density at radius 3 is 1.80 bits per heavy atom. The van der Waals surface area contributed by atoms with E-state index in [1.54, 1.807) is 0 Å². The van der Waals surface area contributed by atoms with Crippen LogP contribution in [0.3, 0.4) is 0 Å². The fraction of sp³-hybridized carbons (Fsp3) is 0.0244. The first kappa shape index (κ1) is 27.2. The molecule has 0 aliphatic carbocycles. The Bertz CT molecular complexity index is 2380. The van der Waals surface area contributed by atoms with E-state index in [1.807, 2.05) is 78.9 Å². The molecule has 0 unspecified atom stereocenters. The Morgan fingerprint density at radius 1 is 0.500 bits per heavy atom. The normalized spacial score (nSPS) is 11.1. The van der Waals surface area contributed by atoms with Crippen molar-refractivity contribution >= 4 is 21.8 Å². The number of benzene rings is 6. The molecule has 0 radical (unpaired) electrons. The molecular formula is C41H27N5. The van der Waals surface area contributed by atoms with Crippen molar-refractivity contribution in [3.8, 4) is 57.0 Å². The summed E-state index contributed by atoms with van der Waals surface area (Å²) in [6.45, 7) is 2.12. The Labute approximate surface area is 266 Å². The minimum atomic E-state index is 0.459. The predicted molar refractivity (Wildman–Crippen MR) is 185 cm³/mol. The summed E-state index contributed by atoms with van der Waals surface area (Å²) in [5.41, 5.74) is 9.56. The first-order valence-electron chi connectivity index (χ1n) is 15.2. The van der Waals surface area contributed by atoms with Gasteiger partial charge in [0.2, 0.25) is 0 Å². The van der Waals surface area contributed by atoms with Crippen LogP contribution in [0.15, 0.2) is 146 Å². The van der Waals surface area contributed by atoms with Crippen LogP contribution in [0.5, 0.6) is 0 Å². The van der Waals surface area contributed by atoms with Crippen LogP contribution in [0.1, 0.15) is 11.1 Å². The fourth-order valence-electron chi connectivity index (χ4n) is 6.14. The van der Waals surface area contributed by atoms with Crippen LogP contribution in [-0.4, -0.2) is 19.5 Å². The Kier molecular flexibility index (Phi) is 6.67. The number of hydrogen-bond acceptors (Lipinski definition) is 4. The van der Waals surface area contributed by atoms with Crippen LogP contribution in [0, 0.1) is 18.3 Å². The molecule has 0 aliphatic rings. The van der Waals surface area contributed by atoms with E-state index >= 15 is 0 Å². The molecule has 8 rings (SSSR count). The molecule has 2 aromatic heterocycles. The zero-order valence-corrected chi connectivity index (χ0v) is 25.1. The number of nitrogens with zero attached hydrogens (tertiary/aromatic N) is 5. The van der Waals surface area contributed by atoms with Gasteiger partial charge in [-0.3, -0.25) is 0 Å². The third-order valence-corrected chi connectivity index (χ3v) is 8.35. The molecule has 5 heteroatoms. The van der Waals surface area contributed by atoms with Gasteiger partial charge in [0.05, 0.1) is 22.7 Å². The second-order valence-electron chi connectivity index (χ2n) is 11.3. The van der Waals surface area contributed by atoms with Gasteiger partial charge in [0, 0.05) is 33.2 Å². The minimum absolute atomic E-state index is 0.459. The maximum Gasteiger partial charge on any atom is 0.165 e. The van der Waals surface area contributed by atoms with Gasteiger partial charge in [-0.25, -0.2) is 15.0 Å². The summed E-state index contributed by atoms with van der Waals surface area (Å²) in [5.74, 6) is 1.58. The highest BCUT2D eigenvalue weighted by molar-refractivity contribution is 6.10. The van der Waals surface area contributed by atoms with Crippen molar-refractivity contribution in [2.45, 2.75) is 6.92 Å². The molecule has 5 nitrogen and oxygen atoms in total. The maximum atomic E-state index is 10.5. The highest BCUT2D eigenvalue weighted by atomic mass is 15.0. The highest BCUT2D eigenvalue weighted by Gasteiger charge is 2.18. The van der Waals surface area contributed by atoms with Gasteiger partial charge in [-0.15, -0.1) is 0 Å². The molecule has 8 aromatic rings. The molecule has 0 N–H and O–H groups in total. The average Bonchev–Trinajstić information content (AvgIpc) is 3.45. The van der Waals surface area contributed by atoms with Crippen LogP contribution in [-0.2, 0) is 0 Å². The zero-order chi connectivity index (χ0) is 31.0. The van der Waals surface area contributed by atoms with E-state index in [2.05, 4.69) is 84.3 Å². The smallest absolute Gasteiger partial charge is 0.165 e. The van der Waals surface area contributed by atoms with Crippen molar-refractivity contribution in [1.82, 2.24) is 19.5 Å². The van der Waals surface area contributed by atoms with Gasteiger partial charge in [-0.05, 0) is 54.4 Å². The molecule has 2 heterocycles. The van der Waals surface area contributed by atoms with Gasteiger partial charge < -0.3 is 4.57 Å². The van der Waals surface area contributed by atoms with Crippen molar-refractivity contribution in [3.05, 3.63) is 157 Å². The third kappa shape index (κ3) is 4.79. The summed E-state index contributed by atoms with van der Waals surface area (Å²) in [5, 5.41) is 12.8. The molecule has 0 bridgehead atoms. The first-order chi connectivity index (χ1) is 22.7. The van der Waals surface area contributed by atoms with Gasteiger partial charge in [0.15, 0.2) is 17.5 Å². The molecule has 0 amide bonds. The highest BCUT2D eigenvalue weighted by Crippen LogP contribution is 2.36. The summed E-state index contributed by atoms with van der Waals surface area (Å²) in [4.78, 5) is 14.5. The number of rotatable bonds is 5. The first-order valence-corrected chi connectivity index (χ1v) is 15.2. The summed E-state index contributed by atoms with van der Waals surface area (Å²) in [6.07, 6.45) is 0. The van der Waals surface area contributed by atoms with Crippen molar-refractivity contribution in [2.75, 3.05) is 0 Å².